The van der Waals surface area contributed by atoms with Crippen LogP contribution in [0.4, 0.5) is 0 Å². The number of thiazole rings is 1. The third kappa shape index (κ3) is 2.40. The Kier molecular flexibility index (Phi) is 3.65. The summed E-state index contributed by atoms with van der Waals surface area (Å²) >= 11 is 1.62. The topological polar surface area (TPSA) is 80.1 Å². The SMILES string of the molecule is C=CC(=O)N1CC2(CC(c3nc4c(c5c6cn[nH]c6ccc5[n+]5cc(OC)sc45)n3C)C2)C1. The number of benzene rings is 1. The molecule has 2 fully saturated rings. The first-order valence-electron chi connectivity index (χ1n) is 11.1. The molecular formula is C24H23N6O2S+. The van der Waals surface area contributed by atoms with Crippen molar-refractivity contribution in [2.75, 3.05) is 20.2 Å². The molecule has 1 N–H and O–H groups in total. The monoisotopic (exact) mass is 459 g/mol. The summed E-state index contributed by atoms with van der Waals surface area (Å²) in [5.74, 6) is 1.55. The van der Waals surface area contributed by atoms with Crippen LogP contribution in [-0.4, -0.2) is 50.8 Å². The van der Waals surface area contributed by atoms with Crippen LogP contribution in [0.15, 0.2) is 37.2 Å². The molecule has 5 aromatic rings. The summed E-state index contributed by atoms with van der Waals surface area (Å²) in [6.45, 7) is 5.27. The molecule has 0 radical (unpaired) electrons. The summed E-state index contributed by atoms with van der Waals surface area (Å²) in [7, 11) is 3.83. The van der Waals surface area contributed by atoms with Crippen LogP contribution in [0.1, 0.15) is 24.6 Å². The Balaban J connectivity index is 1.40. The van der Waals surface area contributed by atoms with E-state index in [1.807, 2.05) is 17.3 Å². The third-order valence-electron chi connectivity index (χ3n) is 7.55. The van der Waals surface area contributed by atoms with Crippen molar-refractivity contribution in [3.63, 3.8) is 0 Å². The molecule has 8 nitrogen and oxygen atoms in total. The van der Waals surface area contributed by atoms with Gasteiger partial charge in [-0.1, -0.05) is 6.58 Å². The van der Waals surface area contributed by atoms with Gasteiger partial charge < -0.3 is 14.2 Å². The molecule has 166 valence electrons. The van der Waals surface area contributed by atoms with Gasteiger partial charge in [-0.15, -0.1) is 4.40 Å². The van der Waals surface area contributed by atoms with E-state index in [1.165, 1.54) is 6.08 Å². The summed E-state index contributed by atoms with van der Waals surface area (Å²) in [6.07, 6.45) is 7.48. The number of hydrogen-bond donors (Lipinski definition) is 1. The molecule has 33 heavy (non-hydrogen) atoms. The zero-order valence-corrected chi connectivity index (χ0v) is 19.3. The van der Waals surface area contributed by atoms with E-state index in [0.717, 1.165) is 74.5 Å². The molecule has 1 saturated carbocycles. The van der Waals surface area contributed by atoms with Gasteiger partial charge in [0, 0.05) is 42.9 Å². The van der Waals surface area contributed by atoms with Crippen LogP contribution in [-0.2, 0) is 11.8 Å². The highest BCUT2D eigenvalue weighted by molar-refractivity contribution is 7.19. The van der Waals surface area contributed by atoms with Crippen molar-refractivity contribution in [1.82, 2.24) is 24.6 Å². The molecular weight excluding hydrogens is 436 g/mol. The van der Waals surface area contributed by atoms with Crippen LogP contribution in [0.2, 0.25) is 0 Å². The van der Waals surface area contributed by atoms with E-state index >= 15 is 0 Å². The second kappa shape index (κ2) is 6.32. The fraction of sp³-hybridized carbons (Fsp3) is 0.333. The fourth-order valence-electron chi connectivity index (χ4n) is 6.02. The number of nitrogens with one attached hydrogen (secondary N) is 1. The van der Waals surface area contributed by atoms with Crippen LogP contribution in [0.5, 0.6) is 5.06 Å². The molecule has 4 aromatic heterocycles. The lowest BCUT2D eigenvalue weighted by Crippen LogP contribution is -2.63. The van der Waals surface area contributed by atoms with Crippen molar-refractivity contribution in [1.29, 1.82) is 0 Å². The lowest BCUT2D eigenvalue weighted by Gasteiger charge is -2.58. The van der Waals surface area contributed by atoms with E-state index in [9.17, 15) is 4.79 Å². The Bertz CT molecular complexity index is 1630. The number of aromatic amines is 1. The van der Waals surface area contributed by atoms with Crippen LogP contribution in [0, 0.1) is 5.41 Å². The molecule has 2 aliphatic rings. The quantitative estimate of drug-likeness (QED) is 0.332. The molecule has 1 aromatic carbocycles. The molecule has 1 amide bonds. The smallest absolute Gasteiger partial charge is 0.299 e. The predicted octanol–water partition coefficient (Wildman–Crippen LogP) is 3.30. The van der Waals surface area contributed by atoms with Crippen LogP contribution < -0.4 is 9.14 Å². The van der Waals surface area contributed by atoms with Crippen LogP contribution in [0.3, 0.4) is 0 Å². The van der Waals surface area contributed by atoms with Crippen LogP contribution in [0.25, 0.3) is 37.7 Å². The van der Waals surface area contributed by atoms with E-state index < -0.39 is 0 Å². The fourth-order valence-corrected chi connectivity index (χ4v) is 6.94. The molecule has 1 saturated heterocycles. The van der Waals surface area contributed by atoms with Gasteiger partial charge in [0.2, 0.25) is 22.7 Å². The van der Waals surface area contributed by atoms with E-state index in [4.69, 9.17) is 9.72 Å². The van der Waals surface area contributed by atoms with Crippen molar-refractivity contribution < 1.29 is 13.9 Å². The number of likely N-dealkylation sites (tertiary alicyclic amines) is 1. The number of imidazole rings is 1. The Morgan fingerprint density at radius 3 is 2.97 bits per heavy atom. The number of methoxy groups -OCH3 is 1. The largest absolute Gasteiger partial charge is 0.483 e. The first kappa shape index (κ1) is 19.0. The highest BCUT2D eigenvalue weighted by atomic mass is 32.1. The molecule has 1 aliphatic carbocycles. The number of nitrogens with zero attached hydrogens (tertiary/aromatic N) is 5. The minimum atomic E-state index is 0.0356. The van der Waals surface area contributed by atoms with Crippen molar-refractivity contribution >= 4 is 54.9 Å². The Hall–Kier alpha value is -3.46. The summed E-state index contributed by atoms with van der Waals surface area (Å²) in [6, 6.07) is 4.21. The lowest BCUT2D eigenvalue weighted by atomic mass is 9.57. The maximum Gasteiger partial charge on any atom is 0.299 e. The molecule has 7 rings (SSSR count). The van der Waals surface area contributed by atoms with Gasteiger partial charge in [-0.05, 0) is 36.3 Å². The summed E-state index contributed by atoms with van der Waals surface area (Å²) in [5.41, 5.74) is 4.51. The number of fused-ring (bicyclic) bond motifs is 8. The average Bonchev–Trinajstić information content (AvgIpc) is 3.48. The average molecular weight is 460 g/mol. The number of H-pyrrole nitrogens is 1. The van der Waals surface area contributed by atoms with Gasteiger partial charge in [0.1, 0.15) is 5.82 Å². The van der Waals surface area contributed by atoms with Crippen molar-refractivity contribution in [3.05, 3.63) is 43.0 Å². The minimum absolute atomic E-state index is 0.0356. The maximum atomic E-state index is 11.9. The van der Waals surface area contributed by atoms with E-state index in [1.54, 1.807) is 18.4 Å². The number of rotatable bonds is 3. The number of carbonyl (C=O) groups excluding carboxylic acids is 1. The van der Waals surface area contributed by atoms with Crippen molar-refractivity contribution in [2.24, 2.45) is 12.5 Å². The summed E-state index contributed by atoms with van der Waals surface area (Å²) in [4.78, 5) is 20.1. The first-order chi connectivity index (χ1) is 16.0. The van der Waals surface area contributed by atoms with E-state index in [-0.39, 0.29) is 11.3 Å². The number of aryl methyl sites for hydroxylation is 1. The molecule has 5 heterocycles. The molecule has 1 spiro atoms. The Labute approximate surface area is 193 Å². The van der Waals surface area contributed by atoms with Gasteiger partial charge in [-0.2, -0.15) is 5.10 Å². The minimum Gasteiger partial charge on any atom is -0.483 e. The second-order valence-electron chi connectivity index (χ2n) is 9.45. The Morgan fingerprint density at radius 1 is 1.39 bits per heavy atom. The number of ether oxygens (including phenoxy) is 1. The van der Waals surface area contributed by atoms with Gasteiger partial charge in [0.05, 0.1) is 29.7 Å². The molecule has 9 heteroatoms. The van der Waals surface area contributed by atoms with Crippen molar-refractivity contribution in [2.45, 2.75) is 18.8 Å². The van der Waals surface area contributed by atoms with E-state index in [0.29, 0.717) is 5.92 Å². The van der Waals surface area contributed by atoms with Crippen molar-refractivity contribution in [3.8, 4) is 5.06 Å². The number of aromatic nitrogens is 5. The number of amides is 1. The second-order valence-corrected chi connectivity index (χ2v) is 10.4. The Morgan fingerprint density at radius 2 is 2.21 bits per heavy atom. The molecule has 0 unspecified atom stereocenters. The first-order valence-corrected chi connectivity index (χ1v) is 11.9. The number of pyridine rings is 1. The van der Waals surface area contributed by atoms with Gasteiger partial charge >= 0.3 is 0 Å². The van der Waals surface area contributed by atoms with Gasteiger partial charge in [0.15, 0.2) is 5.52 Å². The lowest BCUT2D eigenvalue weighted by molar-refractivity contribution is -0.476. The van der Waals surface area contributed by atoms with Gasteiger partial charge in [-0.3, -0.25) is 9.89 Å². The van der Waals surface area contributed by atoms with E-state index in [2.05, 4.69) is 44.9 Å². The summed E-state index contributed by atoms with van der Waals surface area (Å²) < 4.78 is 10.0. The van der Waals surface area contributed by atoms with Crippen LogP contribution >= 0.6 is 11.3 Å². The van der Waals surface area contributed by atoms with Gasteiger partial charge in [-0.25, -0.2) is 4.98 Å². The normalized spacial score (nSPS) is 17.8. The standard InChI is InChI=1S/C24H22N6O2S/c1-4-17(31)29-11-24(12-29)7-13(8-24)22-26-20-21(28(22)2)19-14-9-25-27-15(14)5-6-16(19)30-10-18(32-3)33-23(20)30/h4-6,9-10,13H,1,7-8,11-12H2,2-3H3/p+1. The maximum absolute atomic E-state index is 11.9. The zero-order valence-electron chi connectivity index (χ0n) is 18.5. The number of hydrogen-bond acceptors (Lipinski definition) is 5. The zero-order chi connectivity index (χ0) is 22.5. The molecule has 0 atom stereocenters. The summed E-state index contributed by atoms with van der Waals surface area (Å²) in [5, 5.41) is 10.5. The third-order valence-corrected chi connectivity index (χ3v) is 8.60. The predicted molar refractivity (Wildman–Crippen MR) is 127 cm³/mol. The highest BCUT2D eigenvalue weighted by Gasteiger charge is 2.54. The molecule has 1 aliphatic heterocycles. The molecule has 0 bridgehead atoms. The highest BCUT2D eigenvalue weighted by Crippen LogP contribution is 2.56. The van der Waals surface area contributed by atoms with Gasteiger partial charge in [0.25, 0.3) is 4.83 Å². The number of carbonyl (C=O) groups is 1.